The molecule has 2 atom stereocenters. The summed E-state index contributed by atoms with van der Waals surface area (Å²) in [4.78, 5) is 4.44. The predicted molar refractivity (Wildman–Crippen MR) is 60.3 cm³/mol. The standard InChI is InChI=1S/C10H15N3O2S/c1-2-7(11-3-1)10-12-9(13-15-10)8-6-16-5-4-14-8/h7-8,11H,1-6H2/t7-,8?/m1/s1. The first-order chi connectivity index (χ1) is 7.93. The van der Waals surface area contributed by atoms with Gasteiger partial charge in [0.05, 0.1) is 12.6 Å². The summed E-state index contributed by atoms with van der Waals surface area (Å²) >= 11 is 1.88. The molecule has 1 N–H and O–H groups in total. The SMILES string of the molecule is C1CN[C@@H](c2nc(C3CSCCO3)no2)C1. The monoisotopic (exact) mass is 241 g/mol. The molecule has 0 bridgehead atoms. The first kappa shape index (κ1) is 10.6. The van der Waals surface area contributed by atoms with Crippen molar-refractivity contribution in [2.24, 2.45) is 0 Å². The van der Waals surface area contributed by atoms with Crippen LogP contribution in [0, 0.1) is 0 Å². The van der Waals surface area contributed by atoms with Gasteiger partial charge in [0.15, 0.2) is 0 Å². The van der Waals surface area contributed by atoms with Gasteiger partial charge in [-0.25, -0.2) is 0 Å². The van der Waals surface area contributed by atoms with Crippen LogP contribution in [0.25, 0.3) is 0 Å². The molecule has 2 aliphatic rings. The molecule has 1 aromatic heterocycles. The number of nitrogens with zero attached hydrogens (tertiary/aromatic N) is 2. The van der Waals surface area contributed by atoms with Gasteiger partial charge >= 0.3 is 0 Å². The normalized spacial score (nSPS) is 30.8. The van der Waals surface area contributed by atoms with Crippen molar-refractivity contribution in [1.82, 2.24) is 15.5 Å². The second kappa shape index (κ2) is 4.73. The van der Waals surface area contributed by atoms with Crippen LogP contribution < -0.4 is 5.32 Å². The van der Waals surface area contributed by atoms with Gasteiger partial charge in [0.2, 0.25) is 11.7 Å². The number of hydrogen-bond donors (Lipinski definition) is 1. The van der Waals surface area contributed by atoms with Gasteiger partial charge in [0, 0.05) is 11.5 Å². The molecule has 0 saturated carbocycles. The third-order valence-electron chi connectivity index (χ3n) is 2.92. The summed E-state index contributed by atoms with van der Waals surface area (Å²) in [6.45, 7) is 1.82. The van der Waals surface area contributed by atoms with E-state index in [0.29, 0.717) is 11.7 Å². The van der Waals surface area contributed by atoms with E-state index in [9.17, 15) is 0 Å². The van der Waals surface area contributed by atoms with Crippen LogP contribution in [0.2, 0.25) is 0 Å². The predicted octanol–water partition coefficient (Wildman–Crippen LogP) is 1.30. The lowest BCUT2D eigenvalue weighted by molar-refractivity contribution is 0.0677. The van der Waals surface area contributed by atoms with E-state index >= 15 is 0 Å². The minimum absolute atomic E-state index is 0.0117. The van der Waals surface area contributed by atoms with Crippen LogP contribution in [0.5, 0.6) is 0 Å². The van der Waals surface area contributed by atoms with Crippen LogP contribution in [0.4, 0.5) is 0 Å². The molecule has 88 valence electrons. The minimum atomic E-state index is 0.0117. The third kappa shape index (κ3) is 2.09. The van der Waals surface area contributed by atoms with Crippen molar-refractivity contribution in [2.75, 3.05) is 24.7 Å². The Kier molecular flexibility index (Phi) is 3.12. The van der Waals surface area contributed by atoms with Crippen molar-refractivity contribution in [3.8, 4) is 0 Å². The molecule has 3 heterocycles. The summed E-state index contributed by atoms with van der Waals surface area (Å²) < 4.78 is 10.9. The first-order valence-electron chi connectivity index (χ1n) is 5.70. The summed E-state index contributed by atoms with van der Waals surface area (Å²) in [6, 6.07) is 0.248. The van der Waals surface area contributed by atoms with Crippen LogP contribution in [0.15, 0.2) is 4.52 Å². The van der Waals surface area contributed by atoms with Crippen molar-refractivity contribution in [3.05, 3.63) is 11.7 Å². The minimum Gasteiger partial charge on any atom is -0.368 e. The quantitative estimate of drug-likeness (QED) is 0.842. The van der Waals surface area contributed by atoms with E-state index in [1.54, 1.807) is 0 Å². The molecule has 0 radical (unpaired) electrons. The van der Waals surface area contributed by atoms with Crippen LogP contribution in [-0.2, 0) is 4.74 Å². The zero-order valence-electron chi connectivity index (χ0n) is 9.02. The lowest BCUT2D eigenvalue weighted by Gasteiger charge is -2.18. The second-order valence-corrected chi connectivity index (χ2v) is 5.22. The molecule has 6 heteroatoms. The van der Waals surface area contributed by atoms with Crippen molar-refractivity contribution < 1.29 is 9.26 Å². The van der Waals surface area contributed by atoms with E-state index in [2.05, 4.69) is 15.5 Å². The Morgan fingerprint density at radius 3 is 3.19 bits per heavy atom. The Bertz CT molecular complexity index is 346. The van der Waals surface area contributed by atoms with Gasteiger partial charge in [-0.15, -0.1) is 0 Å². The highest BCUT2D eigenvalue weighted by molar-refractivity contribution is 7.99. The molecule has 0 spiro atoms. The molecule has 5 nitrogen and oxygen atoms in total. The van der Waals surface area contributed by atoms with Gasteiger partial charge in [-0.2, -0.15) is 16.7 Å². The summed E-state index contributed by atoms with van der Waals surface area (Å²) in [5.74, 6) is 3.41. The number of ether oxygens (including phenoxy) is 1. The highest BCUT2D eigenvalue weighted by Crippen LogP contribution is 2.27. The van der Waals surface area contributed by atoms with Crippen molar-refractivity contribution >= 4 is 11.8 Å². The number of rotatable bonds is 2. The highest BCUT2D eigenvalue weighted by Gasteiger charge is 2.26. The Morgan fingerprint density at radius 1 is 1.44 bits per heavy atom. The van der Waals surface area contributed by atoms with Gasteiger partial charge in [0.1, 0.15) is 6.10 Å². The van der Waals surface area contributed by atoms with Crippen molar-refractivity contribution in [2.45, 2.75) is 25.0 Å². The zero-order chi connectivity index (χ0) is 10.8. The maximum absolute atomic E-state index is 5.61. The zero-order valence-corrected chi connectivity index (χ0v) is 9.83. The molecule has 1 unspecified atom stereocenters. The van der Waals surface area contributed by atoms with Gasteiger partial charge in [0.25, 0.3) is 0 Å². The lowest BCUT2D eigenvalue weighted by Crippen LogP contribution is -2.17. The average molecular weight is 241 g/mol. The van der Waals surface area contributed by atoms with E-state index in [4.69, 9.17) is 9.26 Å². The molecule has 0 amide bonds. The van der Waals surface area contributed by atoms with Gasteiger partial charge in [-0.05, 0) is 19.4 Å². The Morgan fingerprint density at radius 2 is 2.44 bits per heavy atom. The summed E-state index contributed by atoms with van der Waals surface area (Å²) in [6.07, 6.45) is 2.28. The fourth-order valence-corrected chi connectivity index (χ4v) is 2.89. The number of aromatic nitrogens is 2. The highest BCUT2D eigenvalue weighted by atomic mass is 32.2. The van der Waals surface area contributed by atoms with E-state index < -0.39 is 0 Å². The maximum atomic E-state index is 5.61. The van der Waals surface area contributed by atoms with Gasteiger partial charge in [-0.1, -0.05) is 5.16 Å². The first-order valence-corrected chi connectivity index (χ1v) is 6.85. The number of thioether (sulfide) groups is 1. The van der Waals surface area contributed by atoms with Crippen molar-refractivity contribution in [1.29, 1.82) is 0 Å². The van der Waals surface area contributed by atoms with Crippen LogP contribution in [0.1, 0.15) is 36.7 Å². The largest absolute Gasteiger partial charge is 0.368 e. The molecule has 2 saturated heterocycles. The van der Waals surface area contributed by atoms with E-state index in [-0.39, 0.29) is 12.1 Å². The Balaban J connectivity index is 1.71. The molecule has 0 aliphatic carbocycles. The molecular formula is C10H15N3O2S. The Hall–Kier alpha value is -0.590. The summed E-state index contributed by atoms with van der Waals surface area (Å²) in [5.41, 5.74) is 0. The average Bonchev–Trinajstić information content (AvgIpc) is 3.01. The molecule has 0 aromatic carbocycles. The molecule has 16 heavy (non-hydrogen) atoms. The van der Waals surface area contributed by atoms with Crippen LogP contribution in [0.3, 0.4) is 0 Å². The lowest BCUT2D eigenvalue weighted by atomic mass is 10.2. The summed E-state index contributed by atoms with van der Waals surface area (Å²) in [7, 11) is 0. The van der Waals surface area contributed by atoms with Crippen LogP contribution >= 0.6 is 11.8 Å². The van der Waals surface area contributed by atoms with Crippen molar-refractivity contribution in [3.63, 3.8) is 0 Å². The smallest absolute Gasteiger partial charge is 0.243 e. The molecule has 1 aromatic rings. The topological polar surface area (TPSA) is 60.2 Å². The maximum Gasteiger partial charge on any atom is 0.243 e. The molecular weight excluding hydrogens is 226 g/mol. The summed E-state index contributed by atoms with van der Waals surface area (Å²) in [5, 5.41) is 7.37. The Labute approximate surface area is 98.3 Å². The van der Waals surface area contributed by atoms with Crippen LogP contribution in [-0.4, -0.2) is 34.8 Å². The van der Waals surface area contributed by atoms with Gasteiger partial charge < -0.3 is 14.6 Å². The third-order valence-corrected chi connectivity index (χ3v) is 3.91. The van der Waals surface area contributed by atoms with E-state index in [1.165, 1.54) is 6.42 Å². The number of hydrogen-bond acceptors (Lipinski definition) is 6. The molecule has 2 fully saturated rings. The number of nitrogens with one attached hydrogen (secondary N) is 1. The van der Waals surface area contributed by atoms with E-state index in [1.807, 2.05) is 11.8 Å². The fraction of sp³-hybridized carbons (Fsp3) is 0.800. The molecule has 3 rings (SSSR count). The molecule has 2 aliphatic heterocycles. The van der Waals surface area contributed by atoms with Gasteiger partial charge in [-0.3, -0.25) is 0 Å². The van der Waals surface area contributed by atoms with E-state index in [0.717, 1.165) is 31.1 Å². The second-order valence-electron chi connectivity index (χ2n) is 4.07. The fourth-order valence-electron chi connectivity index (χ4n) is 2.05.